The highest BCUT2D eigenvalue weighted by atomic mass is 35.5. The molecule has 218 valence electrons. The smallest absolute Gasteiger partial charge is 0.264 e. The number of nitrogens with zero attached hydrogens (tertiary/aromatic N) is 2. The van der Waals surface area contributed by atoms with Crippen LogP contribution in [0, 0.1) is 6.92 Å². The van der Waals surface area contributed by atoms with E-state index in [0.717, 1.165) is 42.0 Å². The topological polar surface area (TPSA) is 86.8 Å². The van der Waals surface area contributed by atoms with Crippen molar-refractivity contribution in [2.75, 3.05) is 10.8 Å². The summed E-state index contributed by atoms with van der Waals surface area (Å²) in [6, 6.07) is 19.0. The summed E-state index contributed by atoms with van der Waals surface area (Å²) in [5, 5.41) is 3.95. The lowest BCUT2D eigenvalue weighted by Crippen LogP contribution is -2.53. The fraction of sp³-hybridized carbons (Fsp3) is 0.355. The summed E-state index contributed by atoms with van der Waals surface area (Å²) in [5.74, 6) is -0.810. The van der Waals surface area contributed by atoms with E-state index in [2.05, 4.69) is 5.32 Å². The molecule has 0 spiro atoms. The van der Waals surface area contributed by atoms with Gasteiger partial charge in [-0.15, -0.1) is 0 Å². The molecule has 1 aliphatic carbocycles. The van der Waals surface area contributed by atoms with Crippen LogP contribution < -0.4 is 9.62 Å². The zero-order valence-corrected chi connectivity index (χ0v) is 25.6. The number of carbonyl (C=O) groups is 2. The van der Waals surface area contributed by atoms with Crippen LogP contribution in [0.2, 0.25) is 10.0 Å². The molecule has 2 amide bonds. The van der Waals surface area contributed by atoms with Crippen LogP contribution in [0.15, 0.2) is 77.7 Å². The number of halogens is 2. The Balaban J connectivity index is 1.68. The quantitative estimate of drug-likeness (QED) is 0.287. The number of hydrogen-bond donors (Lipinski definition) is 1. The number of hydrogen-bond acceptors (Lipinski definition) is 4. The summed E-state index contributed by atoms with van der Waals surface area (Å²) < 4.78 is 28.9. The molecule has 41 heavy (non-hydrogen) atoms. The van der Waals surface area contributed by atoms with Crippen molar-refractivity contribution in [3.05, 3.63) is 94.0 Å². The van der Waals surface area contributed by atoms with Crippen molar-refractivity contribution in [1.82, 2.24) is 10.2 Å². The molecule has 0 heterocycles. The number of aryl methyl sites for hydroxylation is 1. The molecular weight excluding hydrogens is 581 g/mol. The second-order valence-corrected chi connectivity index (χ2v) is 13.1. The second-order valence-electron chi connectivity index (χ2n) is 10.4. The Morgan fingerprint density at radius 2 is 1.63 bits per heavy atom. The Labute approximate surface area is 252 Å². The first kappa shape index (κ1) is 30.9. The predicted molar refractivity (Wildman–Crippen MR) is 164 cm³/mol. The number of amides is 2. The van der Waals surface area contributed by atoms with E-state index in [-0.39, 0.29) is 23.4 Å². The van der Waals surface area contributed by atoms with Crippen LogP contribution in [0.5, 0.6) is 0 Å². The van der Waals surface area contributed by atoms with Gasteiger partial charge in [0.25, 0.3) is 10.0 Å². The number of sulfonamides is 1. The van der Waals surface area contributed by atoms with E-state index in [0.29, 0.717) is 21.3 Å². The van der Waals surface area contributed by atoms with Crippen molar-refractivity contribution < 1.29 is 18.0 Å². The highest BCUT2D eigenvalue weighted by Crippen LogP contribution is 2.27. The van der Waals surface area contributed by atoms with Gasteiger partial charge < -0.3 is 10.2 Å². The Morgan fingerprint density at radius 3 is 2.29 bits per heavy atom. The molecule has 1 unspecified atom stereocenters. The SMILES string of the molecule is Cc1cccc(N(CC(=O)N(Cc2ccccc2Cl)C(C)C(=O)NC2CCCCC2)S(=O)(=O)c2ccc(Cl)cc2)c1. The normalized spacial score (nSPS) is 14.7. The molecule has 0 radical (unpaired) electrons. The van der Waals surface area contributed by atoms with E-state index in [1.54, 1.807) is 49.4 Å². The predicted octanol–water partition coefficient (Wildman–Crippen LogP) is 6.36. The van der Waals surface area contributed by atoms with Gasteiger partial charge in [0.2, 0.25) is 11.8 Å². The van der Waals surface area contributed by atoms with Gasteiger partial charge in [0.05, 0.1) is 10.6 Å². The van der Waals surface area contributed by atoms with E-state index in [1.165, 1.54) is 29.2 Å². The Hall–Kier alpha value is -3.07. The van der Waals surface area contributed by atoms with Crippen molar-refractivity contribution in [3.8, 4) is 0 Å². The molecule has 1 saturated carbocycles. The highest BCUT2D eigenvalue weighted by molar-refractivity contribution is 7.92. The van der Waals surface area contributed by atoms with E-state index in [9.17, 15) is 18.0 Å². The molecular formula is C31H35Cl2N3O4S. The molecule has 0 saturated heterocycles. The third-order valence-corrected chi connectivity index (χ3v) is 9.80. The van der Waals surface area contributed by atoms with Gasteiger partial charge in [-0.05, 0) is 80.3 Å². The van der Waals surface area contributed by atoms with E-state index >= 15 is 0 Å². The average Bonchev–Trinajstić information content (AvgIpc) is 2.95. The van der Waals surface area contributed by atoms with Crippen LogP contribution in [0.4, 0.5) is 5.69 Å². The van der Waals surface area contributed by atoms with Crippen LogP contribution in [0.25, 0.3) is 0 Å². The molecule has 3 aromatic rings. The first-order chi connectivity index (χ1) is 19.6. The maximum absolute atomic E-state index is 14.1. The maximum Gasteiger partial charge on any atom is 0.264 e. The average molecular weight is 617 g/mol. The number of benzene rings is 3. The number of nitrogens with one attached hydrogen (secondary N) is 1. The van der Waals surface area contributed by atoms with Gasteiger partial charge in [0, 0.05) is 22.6 Å². The standard InChI is InChI=1S/C31H35Cl2N3O4S/c1-22-9-8-13-27(19-22)36(41(39,40)28-17-15-25(32)16-18-28)21-30(37)35(20-24-10-6-7-14-29(24)33)23(2)31(38)34-26-11-4-3-5-12-26/h6-10,13-19,23,26H,3-5,11-12,20-21H2,1-2H3,(H,34,38). The van der Waals surface area contributed by atoms with Crippen LogP contribution in [0.3, 0.4) is 0 Å². The highest BCUT2D eigenvalue weighted by Gasteiger charge is 2.33. The van der Waals surface area contributed by atoms with Gasteiger partial charge in [-0.25, -0.2) is 8.42 Å². The molecule has 0 aliphatic heterocycles. The first-order valence-electron chi connectivity index (χ1n) is 13.7. The zero-order valence-electron chi connectivity index (χ0n) is 23.2. The second kappa shape index (κ2) is 13.7. The number of rotatable bonds is 10. The van der Waals surface area contributed by atoms with E-state index in [4.69, 9.17) is 23.2 Å². The Kier molecular flexibility index (Phi) is 10.3. The summed E-state index contributed by atoms with van der Waals surface area (Å²) in [6.45, 7) is 3.04. The number of anilines is 1. The molecule has 1 atom stereocenters. The van der Waals surface area contributed by atoms with Crippen molar-refractivity contribution in [2.24, 2.45) is 0 Å². The zero-order chi connectivity index (χ0) is 29.6. The molecule has 3 aromatic carbocycles. The Bertz CT molecular complexity index is 1470. The third kappa shape index (κ3) is 7.82. The third-order valence-electron chi connectivity index (χ3n) is 7.39. The van der Waals surface area contributed by atoms with Gasteiger partial charge in [0.15, 0.2) is 0 Å². The fourth-order valence-corrected chi connectivity index (χ4v) is 6.73. The lowest BCUT2D eigenvalue weighted by atomic mass is 9.95. The van der Waals surface area contributed by atoms with Crippen LogP contribution in [-0.4, -0.2) is 43.8 Å². The molecule has 1 fully saturated rings. The molecule has 0 bridgehead atoms. The van der Waals surface area contributed by atoms with E-state index < -0.39 is 28.5 Å². The summed E-state index contributed by atoms with van der Waals surface area (Å²) in [5.41, 5.74) is 1.83. The Morgan fingerprint density at radius 1 is 0.951 bits per heavy atom. The van der Waals surface area contributed by atoms with Crippen molar-refractivity contribution in [3.63, 3.8) is 0 Å². The summed E-state index contributed by atoms with van der Waals surface area (Å²) in [7, 11) is -4.17. The van der Waals surface area contributed by atoms with Crippen LogP contribution in [0.1, 0.15) is 50.2 Å². The molecule has 1 N–H and O–H groups in total. The van der Waals surface area contributed by atoms with Crippen molar-refractivity contribution in [2.45, 2.75) is 69.5 Å². The van der Waals surface area contributed by atoms with Crippen LogP contribution in [-0.2, 0) is 26.2 Å². The van der Waals surface area contributed by atoms with Gasteiger partial charge in [-0.1, -0.05) is 72.8 Å². The van der Waals surface area contributed by atoms with E-state index in [1.807, 2.05) is 13.0 Å². The van der Waals surface area contributed by atoms with Gasteiger partial charge >= 0.3 is 0 Å². The van der Waals surface area contributed by atoms with Gasteiger partial charge in [0.1, 0.15) is 12.6 Å². The summed E-state index contributed by atoms with van der Waals surface area (Å²) in [6.07, 6.45) is 5.05. The number of carbonyl (C=O) groups excluding carboxylic acids is 2. The van der Waals surface area contributed by atoms with Crippen molar-refractivity contribution >= 4 is 50.7 Å². The summed E-state index contributed by atoms with van der Waals surface area (Å²) >= 11 is 12.5. The molecule has 0 aromatic heterocycles. The summed E-state index contributed by atoms with van der Waals surface area (Å²) in [4.78, 5) is 28.9. The minimum atomic E-state index is -4.17. The molecule has 7 nitrogen and oxygen atoms in total. The first-order valence-corrected chi connectivity index (χ1v) is 15.9. The van der Waals surface area contributed by atoms with Crippen molar-refractivity contribution in [1.29, 1.82) is 0 Å². The van der Waals surface area contributed by atoms with Crippen LogP contribution >= 0.6 is 23.2 Å². The minimum absolute atomic E-state index is 0.00282. The minimum Gasteiger partial charge on any atom is -0.352 e. The fourth-order valence-electron chi connectivity index (χ4n) is 5.01. The monoisotopic (exact) mass is 615 g/mol. The molecule has 10 heteroatoms. The largest absolute Gasteiger partial charge is 0.352 e. The lowest BCUT2D eigenvalue weighted by Gasteiger charge is -2.33. The lowest BCUT2D eigenvalue weighted by molar-refractivity contribution is -0.139. The molecule has 1 aliphatic rings. The molecule has 4 rings (SSSR count). The van der Waals surface area contributed by atoms with Gasteiger partial charge in [-0.2, -0.15) is 0 Å². The van der Waals surface area contributed by atoms with Gasteiger partial charge in [-0.3, -0.25) is 13.9 Å². The maximum atomic E-state index is 14.1.